The molecule has 0 heterocycles. The molecule has 100 valence electrons. The Hall–Kier alpha value is -2.01. The van der Waals surface area contributed by atoms with Crippen LogP contribution in [0.5, 0.6) is 5.75 Å². The molecular formula is C14H15NO3S. The molecule has 0 amide bonds. The Morgan fingerprint density at radius 3 is 2.11 bits per heavy atom. The van der Waals surface area contributed by atoms with E-state index < -0.39 is 9.84 Å². The number of anilines is 1. The van der Waals surface area contributed by atoms with Gasteiger partial charge in [0, 0.05) is 5.69 Å². The largest absolute Gasteiger partial charge is 0.497 e. The van der Waals surface area contributed by atoms with Crippen molar-refractivity contribution in [3.05, 3.63) is 48.0 Å². The van der Waals surface area contributed by atoms with Crippen LogP contribution >= 0.6 is 0 Å². The number of nitrogens with two attached hydrogens (primary N) is 1. The van der Waals surface area contributed by atoms with Gasteiger partial charge in [0.2, 0.25) is 9.84 Å². The summed E-state index contributed by atoms with van der Waals surface area (Å²) in [5.74, 6) is 0.618. The number of ether oxygens (including phenoxy) is 1. The van der Waals surface area contributed by atoms with Gasteiger partial charge in [-0.15, -0.1) is 0 Å². The van der Waals surface area contributed by atoms with Gasteiger partial charge in [0.25, 0.3) is 0 Å². The predicted molar refractivity (Wildman–Crippen MR) is 74.0 cm³/mol. The Balaban J connectivity index is 2.48. The molecule has 5 heteroatoms. The summed E-state index contributed by atoms with van der Waals surface area (Å²) in [6.07, 6.45) is 0. The third kappa shape index (κ3) is 2.56. The van der Waals surface area contributed by atoms with Gasteiger partial charge in [0.15, 0.2) is 0 Å². The molecule has 0 fully saturated rings. The number of nitrogen functional groups attached to an aromatic ring is 1. The molecule has 0 unspecified atom stereocenters. The minimum Gasteiger partial charge on any atom is -0.497 e. The van der Waals surface area contributed by atoms with Crippen LogP contribution in [-0.2, 0) is 9.84 Å². The molecule has 0 saturated carbocycles. The van der Waals surface area contributed by atoms with Gasteiger partial charge in [-0.2, -0.15) is 0 Å². The van der Waals surface area contributed by atoms with Crippen molar-refractivity contribution in [1.29, 1.82) is 0 Å². The average Bonchev–Trinajstić information content (AvgIpc) is 2.41. The molecule has 0 aliphatic carbocycles. The van der Waals surface area contributed by atoms with Crippen molar-refractivity contribution >= 4 is 15.5 Å². The maximum Gasteiger partial charge on any atom is 0.206 e. The molecule has 4 nitrogen and oxygen atoms in total. The fraction of sp³-hybridized carbons (Fsp3) is 0.143. The van der Waals surface area contributed by atoms with E-state index in [9.17, 15) is 8.42 Å². The zero-order chi connectivity index (χ0) is 14.0. The molecule has 19 heavy (non-hydrogen) atoms. The van der Waals surface area contributed by atoms with Crippen LogP contribution in [-0.4, -0.2) is 15.5 Å². The highest BCUT2D eigenvalue weighted by molar-refractivity contribution is 7.91. The summed E-state index contributed by atoms with van der Waals surface area (Å²) in [5.41, 5.74) is 7.02. The van der Waals surface area contributed by atoms with Crippen LogP contribution in [0.1, 0.15) is 5.56 Å². The molecule has 2 N–H and O–H groups in total. The second kappa shape index (κ2) is 4.93. The number of hydrogen-bond donors (Lipinski definition) is 1. The van der Waals surface area contributed by atoms with E-state index in [0.717, 1.165) is 5.56 Å². The molecule has 0 saturated heterocycles. The highest BCUT2D eigenvalue weighted by Gasteiger charge is 2.18. The molecule has 2 rings (SSSR count). The van der Waals surface area contributed by atoms with Crippen LogP contribution in [0.4, 0.5) is 5.69 Å². The molecule has 2 aromatic rings. The lowest BCUT2D eigenvalue weighted by Gasteiger charge is -2.08. The fourth-order valence-electron chi connectivity index (χ4n) is 1.71. The summed E-state index contributed by atoms with van der Waals surface area (Å²) in [6.45, 7) is 1.78. The molecule has 0 bridgehead atoms. The first kappa shape index (κ1) is 13.4. The third-order valence-corrected chi connectivity index (χ3v) is 4.69. The predicted octanol–water partition coefficient (Wildman–Crippen LogP) is 2.42. The van der Waals surface area contributed by atoms with Gasteiger partial charge in [0.05, 0.1) is 16.9 Å². The summed E-state index contributed by atoms with van der Waals surface area (Å²) in [5, 5.41) is 0. The minimum absolute atomic E-state index is 0.234. The van der Waals surface area contributed by atoms with Crippen molar-refractivity contribution in [2.45, 2.75) is 16.7 Å². The third-order valence-electron chi connectivity index (χ3n) is 2.92. The molecule has 0 aromatic heterocycles. The maximum absolute atomic E-state index is 12.4. The lowest BCUT2D eigenvalue weighted by molar-refractivity contribution is 0.414. The van der Waals surface area contributed by atoms with E-state index >= 15 is 0 Å². The number of benzene rings is 2. The Bertz CT molecular complexity index is 691. The summed E-state index contributed by atoms with van der Waals surface area (Å²) in [4.78, 5) is 0.474. The second-order valence-electron chi connectivity index (χ2n) is 4.20. The van der Waals surface area contributed by atoms with E-state index in [1.54, 1.807) is 31.2 Å². The monoisotopic (exact) mass is 277 g/mol. The lowest BCUT2D eigenvalue weighted by Crippen LogP contribution is -2.03. The SMILES string of the molecule is COc1ccc(S(=O)(=O)c2ccc(N)c(C)c2)cc1. The molecule has 2 aromatic carbocycles. The Morgan fingerprint density at radius 2 is 1.58 bits per heavy atom. The zero-order valence-corrected chi connectivity index (χ0v) is 11.6. The molecule has 0 aliphatic heterocycles. The van der Waals surface area contributed by atoms with E-state index in [4.69, 9.17) is 10.5 Å². The Kier molecular flexibility index (Phi) is 3.48. The van der Waals surface area contributed by atoms with E-state index in [2.05, 4.69) is 0 Å². The standard InChI is InChI=1S/C14H15NO3S/c1-10-9-13(7-8-14(10)15)19(16,17)12-5-3-11(18-2)4-6-12/h3-9H,15H2,1-2H3. The van der Waals surface area contributed by atoms with Gasteiger partial charge in [-0.05, 0) is 55.0 Å². The number of sulfone groups is 1. The van der Waals surface area contributed by atoms with Crippen molar-refractivity contribution in [3.8, 4) is 5.75 Å². The molecule has 0 atom stereocenters. The normalized spacial score (nSPS) is 11.3. The van der Waals surface area contributed by atoms with Crippen LogP contribution in [0, 0.1) is 6.92 Å². The van der Waals surface area contributed by atoms with E-state index in [-0.39, 0.29) is 9.79 Å². The van der Waals surface area contributed by atoms with Crippen molar-refractivity contribution in [2.75, 3.05) is 12.8 Å². The van der Waals surface area contributed by atoms with Crippen LogP contribution in [0.3, 0.4) is 0 Å². The number of aryl methyl sites for hydroxylation is 1. The van der Waals surface area contributed by atoms with Gasteiger partial charge in [0.1, 0.15) is 5.75 Å². The van der Waals surface area contributed by atoms with Crippen molar-refractivity contribution in [3.63, 3.8) is 0 Å². The Labute approximate surface area is 112 Å². The average molecular weight is 277 g/mol. The minimum atomic E-state index is -3.51. The Morgan fingerprint density at radius 1 is 1.00 bits per heavy atom. The van der Waals surface area contributed by atoms with Crippen LogP contribution in [0.2, 0.25) is 0 Å². The second-order valence-corrected chi connectivity index (χ2v) is 6.15. The summed E-state index contributed by atoms with van der Waals surface area (Å²) < 4.78 is 29.8. The molecular weight excluding hydrogens is 262 g/mol. The van der Waals surface area contributed by atoms with Crippen LogP contribution in [0.15, 0.2) is 52.3 Å². The highest BCUT2D eigenvalue weighted by atomic mass is 32.2. The topological polar surface area (TPSA) is 69.4 Å². The lowest BCUT2D eigenvalue weighted by atomic mass is 10.2. The quantitative estimate of drug-likeness (QED) is 0.875. The number of rotatable bonds is 3. The van der Waals surface area contributed by atoms with Gasteiger partial charge >= 0.3 is 0 Å². The van der Waals surface area contributed by atoms with Crippen molar-refractivity contribution in [1.82, 2.24) is 0 Å². The number of methoxy groups -OCH3 is 1. The van der Waals surface area contributed by atoms with Crippen molar-refractivity contribution < 1.29 is 13.2 Å². The zero-order valence-electron chi connectivity index (χ0n) is 10.8. The van der Waals surface area contributed by atoms with Crippen LogP contribution < -0.4 is 10.5 Å². The summed E-state index contributed by atoms with van der Waals surface area (Å²) >= 11 is 0. The summed E-state index contributed by atoms with van der Waals surface area (Å²) in [7, 11) is -1.98. The van der Waals surface area contributed by atoms with Gasteiger partial charge in [-0.3, -0.25) is 0 Å². The van der Waals surface area contributed by atoms with E-state index in [1.165, 1.54) is 25.3 Å². The van der Waals surface area contributed by atoms with E-state index in [0.29, 0.717) is 11.4 Å². The first-order valence-electron chi connectivity index (χ1n) is 5.70. The maximum atomic E-state index is 12.4. The summed E-state index contributed by atoms with van der Waals surface area (Å²) in [6, 6.07) is 11.0. The molecule has 0 aliphatic rings. The first-order chi connectivity index (χ1) is 8.95. The molecule has 0 spiro atoms. The van der Waals surface area contributed by atoms with E-state index in [1.807, 2.05) is 0 Å². The first-order valence-corrected chi connectivity index (χ1v) is 7.19. The highest BCUT2D eigenvalue weighted by Crippen LogP contribution is 2.25. The van der Waals surface area contributed by atoms with Crippen molar-refractivity contribution in [2.24, 2.45) is 0 Å². The fourth-order valence-corrected chi connectivity index (χ4v) is 3.05. The van der Waals surface area contributed by atoms with Gasteiger partial charge in [-0.25, -0.2) is 8.42 Å². The smallest absolute Gasteiger partial charge is 0.206 e. The van der Waals surface area contributed by atoms with Gasteiger partial charge in [-0.1, -0.05) is 0 Å². The van der Waals surface area contributed by atoms with Crippen LogP contribution in [0.25, 0.3) is 0 Å². The van der Waals surface area contributed by atoms with Gasteiger partial charge < -0.3 is 10.5 Å². The molecule has 0 radical (unpaired) electrons. The number of hydrogen-bond acceptors (Lipinski definition) is 4.